The largest absolute Gasteiger partial charge is 0.348 e. The highest BCUT2D eigenvalue weighted by Gasteiger charge is 2.23. The molecule has 0 unspecified atom stereocenters. The fourth-order valence-electron chi connectivity index (χ4n) is 3.40. The fourth-order valence-corrected chi connectivity index (χ4v) is 4.95. The van der Waals surface area contributed by atoms with Crippen LogP contribution in [0.2, 0.25) is 5.02 Å². The first-order valence-electron chi connectivity index (χ1n) is 10.7. The molecule has 3 aromatic rings. The molecule has 9 heteroatoms. The van der Waals surface area contributed by atoms with Crippen LogP contribution in [-0.4, -0.2) is 41.5 Å². The molecule has 0 atom stereocenters. The number of hydrogen-bond donors (Lipinski definition) is 1. The summed E-state index contributed by atoms with van der Waals surface area (Å²) < 4.78 is 28.3. The summed E-state index contributed by atoms with van der Waals surface area (Å²) in [6.45, 7) is 7.91. The summed E-state index contributed by atoms with van der Waals surface area (Å²) in [6.07, 6.45) is 1.56. The van der Waals surface area contributed by atoms with Crippen molar-refractivity contribution in [3.8, 4) is 5.69 Å². The van der Waals surface area contributed by atoms with E-state index in [0.717, 1.165) is 16.9 Å². The average Bonchev–Trinajstić information content (AvgIpc) is 3.23. The Bertz CT molecular complexity index is 1230. The molecule has 1 aromatic heterocycles. The minimum absolute atomic E-state index is 0.0506. The molecule has 0 aliphatic rings. The molecule has 176 valence electrons. The zero-order chi connectivity index (χ0) is 24.3. The van der Waals surface area contributed by atoms with Crippen LogP contribution >= 0.6 is 11.6 Å². The first-order valence-corrected chi connectivity index (χ1v) is 12.5. The van der Waals surface area contributed by atoms with Gasteiger partial charge in [-0.05, 0) is 55.7 Å². The molecule has 1 N–H and O–H groups in total. The van der Waals surface area contributed by atoms with E-state index < -0.39 is 10.0 Å². The summed E-state index contributed by atoms with van der Waals surface area (Å²) in [7, 11) is -1.99. The maximum atomic E-state index is 13.0. The van der Waals surface area contributed by atoms with Gasteiger partial charge in [0.1, 0.15) is 0 Å². The van der Waals surface area contributed by atoms with E-state index in [9.17, 15) is 13.2 Å². The van der Waals surface area contributed by atoms with Crippen molar-refractivity contribution >= 4 is 27.5 Å². The second-order valence-electron chi connectivity index (χ2n) is 8.43. The van der Waals surface area contributed by atoms with Crippen molar-refractivity contribution in [2.75, 3.05) is 7.05 Å². The Morgan fingerprint density at radius 3 is 2.36 bits per heavy atom. The highest BCUT2D eigenvalue weighted by Crippen LogP contribution is 2.25. The van der Waals surface area contributed by atoms with Crippen LogP contribution in [0.25, 0.3) is 5.69 Å². The molecular formula is C24H29ClN4O3S. The van der Waals surface area contributed by atoms with E-state index in [1.165, 1.54) is 4.31 Å². The van der Waals surface area contributed by atoms with E-state index in [0.29, 0.717) is 10.6 Å². The Morgan fingerprint density at radius 2 is 1.79 bits per heavy atom. The van der Waals surface area contributed by atoms with Crippen LogP contribution in [0.15, 0.2) is 59.6 Å². The van der Waals surface area contributed by atoms with Crippen LogP contribution in [-0.2, 0) is 16.6 Å². The minimum Gasteiger partial charge on any atom is -0.348 e. The Morgan fingerprint density at radius 1 is 1.12 bits per heavy atom. The second-order valence-corrected chi connectivity index (χ2v) is 10.9. The number of aromatic nitrogens is 2. The molecule has 33 heavy (non-hydrogen) atoms. The van der Waals surface area contributed by atoms with Crippen molar-refractivity contribution in [1.82, 2.24) is 19.4 Å². The van der Waals surface area contributed by atoms with Crippen LogP contribution < -0.4 is 5.32 Å². The van der Waals surface area contributed by atoms with Gasteiger partial charge in [0.15, 0.2) is 0 Å². The second kappa shape index (κ2) is 10.1. The van der Waals surface area contributed by atoms with Crippen molar-refractivity contribution in [3.05, 3.63) is 76.6 Å². The van der Waals surface area contributed by atoms with Crippen LogP contribution in [0, 0.1) is 0 Å². The van der Waals surface area contributed by atoms with Gasteiger partial charge in [0.25, 0.3) is 5.91 Å². The average molecular weight is 489 g/mol. The van der Waals surface area contributed by atoms with Crippen LogP contribution in [0.1, 0.15) is 55.2 Å². The molecule has 0 spiro atoms. The lowest BCUT2D eigenvalue weighted by atomic mass is 10.0. The SMILES string of the molecule is CC(C)c1c(C(=O)NCc2ccc(S(=O)(=O)N(C)C(C)C)cc2)cnn1-c1cccc(Cl)c1. The molecule has 0 radical (unpaired) electrons. The van der Waals surface area contributed by atoms with Crippen molar-refractivity contribution in [1.29, 1.82) is 0 Å². The quantitative estimate of drug-likeness (QED) is 0.502. The molecule has 7 nitrogen and oxygen atoms in total. The zero-order valence-corrected chi connectivity index (χ0v) is 21.0. The number of halogens is 1. The van der Waals surface area contributed by atoms with Gasteiger partial charge >= 0.3 is 0 Å². The van der Waals surface area contributed by atoms with Gasteiger partial charge in [-0.2, -0.15) is 9.40 Å². The summed E-state index contributed by atoms with van der Waals surface area (Å²) in [5, 5.41) is 7.92. The van der Waals surface area contributed by atoms with Crippen LogP contribution in [0.3, 0.4) is 0 Å². The van der Waals surface area contributed by atoms with E-state index in [1.807, 2.05) is 39.8 Å². The summed E-state index contributed by atoms with van der Waals surface area (Å²) in [6, 6.07) is 13.7. The molecule has 1 amide bonds. The van der Waals surface area contributed by atoms with Gasteiger partial charge in [-0.25, -0.2) is 13.1 Å². The lowest BCUT2D eigenvalue weighted by molar-refractivity contribution is 0.0949. The van der Waals surface area contributed by atoms with E-state index in [-0.39, 0.29) is 29.3 Å². The molecule has 0 aliphatic carbocycles. The Balaban J connectivity index is 1.76. The standard InChI is InChI=1S/C24H29ClN4O3S/c1-16(2)23-22(15-27-29(23)20-8-6-7-19(25)13-20)24(30)26-14-18-9-11-21(12-10-18)33(31,32)28(5)17(3)4/h6-13,15-17H,14H2,1-5H3,(H,26,30). The lowest BCUT2D eigenvalue weighted by Crippen LogP contribution is -2.33. The monoisotopic (exact) mass is 488 g/mol. The Kier molecular flexibility index (Phi) is 7.62. The summed E-state index contributed by atoms with van der Waals surface area (Å²) >= 11 is 6.12. The Labute approximate surface area is 200 Å². The maximum absolute atomic E-state index is 13.0. The van der Waals surface area contributed by atoms with Crippen LogP contribution in [0.4, 0.5) is 0 Å². The molecular weight excluding hydrogens is 460 g/mol. The van der Waals surface area contributed by atoms with Gasteiger partial charge in [0.05, 0.1) is 28.0 Å². The highest BCUT2D eigenvalue weighted by molar-refractivity contribution is 7.89. The van der Waals surface area contributed by atoms with Crippen molar-refractivity contribution in [3.63, 3.8) is 0 Å². The predicted molar refractivity (Wildman–Crippen MR) is 130 cm³/mol. The van der Waals surface area contributed by atoms with E-state index in [2.05, 4.69) is 10.4 Å². The third-order valence-electron chi connectivity index (χ3n) is 5.43. The first kappa shape index (κ1) is 25.0. The topological polar surface area (TPSA) is 84.3 Å². The number of carbonyl (C=O) groups is 1. The number of nitrogens with one attached hydrogen (secondary N) is 1. The highest BCUT2D eigenvalue weighted by atomic mass is 35.5. The maximum Gasteiger partial charge on any atom is 0.255 e. The number of carbonyl (C=O) groups excluding carboxylic acids is 1. The first-order chi connectivity index (χ1) is 15.5. The molecule has 0 aliphatic heterocycles. The number of amides is 1. The van der Waals surface area contributed by atoms with Crippen molar-refractivity contribution in [2.45, 2.75) is 51.1 Å². The zero-order valence-electron chi connectivity index (χ0n) is 19.4. The number of sulfonamides is 1. The molecule has 0 saturated carbocycles. The van der Waals surface area contributed by atoms with Gasteiger partial charge in [-0.1, -0.05) is 43.6 Å². The third kappa shape index (κ3) is 5.46. The normalized spacial score (nSPS) is 12.0. The molecule has 2 aromatic carbocycles. The molecule has 3 rings (SSSR count). The molecule has 0 fully saturated rings. The van der Waals surface area contributed by atoms with Crippen molar-refractivity contribution < 1.29 is 13.2 Å². The van der Waals surface area contributed by atoms with Gasteiger partial charge in [-0.15, -0.1) is 0 Å². The number of rotatable bonds is 8. The molecule has 0 bridgehead atoms. The van der Waals surface area contributed by atoms with E-state index in [1.54, 1.807) is 54.3 Å². The summed E-state index contributed by atoms with van der Waals surface area (Å²) in [4.78, 5) is 13.2. The number of nitrogens with zero attached hydrogens (tertiary/aromatic N) is 3. The lowest BCUT2D eigenvalue weighted by Gasteiger charge is -2.21. The van der Waals surface area contributed by atoms with Crippen molar-refractivity contribution in [2.24, 2.45) is 0 Å². The van der Waals surface area contributed by atoms with E-state index in [4.69, 9.17) is 11.6 Å². The minimum atomic E-state index is -3.55. The summed E-state index contributed by atoms with van der Waals surface area (Å²) in [5.41, 5.74) is 2.85. The predicted octanol–water partition coefficient (Wildman–Crippen LogP) is 4.61. The third-order valence-corrected chi connectivity index (χ3v) is 7.71. The van der Waals surface area contributed by atoms with Gasteiger partial charge < -0.3 is 5.32 Å². The number of benzene rings is 2. The molecule has 0 saturated heterocycles. The van der Waals surface area contributed by atoms with Gasteiger partial charge in [-0.3, -0.25) is 4.79 Å². The number of hydrogen-bond acceptors (Lipinski definition) is 4. The Hall–Kier alpha value is -2.68. The van der Waals surface area contributed by atoms with E-state index >= 15 is 0 Å². The smallest absolute Gasteiger partial charge is 0.255 e. The molecule has 1 heterocycles. The van der Waals surface area contributed by atoms with Gasteiger partial charge in [0, 0.05) is 24.7 Å². The van der Waals surface area contributed by atoms with Crippen LogP contribution in [0.5, 0.6) is 0 Å². The summed E-state index contributed by atoms with van der Waals surface area (Å²) in [5.74, 6) is -0.196. The van der Waals surface area contributed by atoms with Gasteiger partial charge in [0.2, 0.25) is 10.0 Å². The fraction of sp³-hybridized carbons (Fsp3) is 0.333.